The Morgan fingerprint density at radius 2 is 1.97 bits per heavy atom. The number of hydrogen-bond donors (Lipinski definition) is 1. The van der Waals surface area contributed by atoms with Gasteiger partial charge in [-0.2, -0.15) is 0 Å². The van der Waals surface area contributed by atoms with Crippen molar-refractivity contribution in [1.29, 1.82) is 0 Å². The molecule has 2 aliphatic heterocycles. The first kappa shape index (κ1) is 25.0. The van der Waals surface area contributed by atoms with Gasteiger partial charge in [-0.25, -0.2) is 0 Å². The lowest BCUT2D eigenvalue weighted by Crippen LogP contribution is -2.33. The second kappa shape index (κ2) is 11.5. The van der Waals surface area contributed by atoms with E-state index in [1.54, 1.807) is 6.07 Å². The van der Waals surface area contributed by atoms with Gasteiger partial charge >= 0.3 is 0 Å². The Morgan fingerprint density at radius 3 is 2.67 bits per heavy atom. The fourth-order valence-corrected chi connectivity index (χ4v) is 4.31. The summed E-state index contributed by atoms with van der Waals surface area (Å²) in [6, 6.07) is 3.54. The lowest BCUT2D eigenvalue weighted by atomic mass is 9.93. The molecule has 2 aliphatic rings. The number of rotatable bonds is 11. The maximum atomic E-state index is 12.3. The van der Waals surface area contributed by atoms with Crippen LogP contribution >= 0.6 is 0 Å². The number of benzene rings is 1. The molecule has 0 radical (unpaired) electrons. The summed E-state index contributed by atoms with van der Waals surface area (Å²) in [5, 5.41) is 2.92. The molecule has 1 aromatic rings. The molecule has 180 valence electrons. The summed E-state index contributed by atoms with van der Waals surface area (Å²) in [5.41, 5.74) is 2.02. The topological polar surface area (TPSA) is 67.9 Å². The van der Waals surface area contributed by atoms with Crippen LogP contribution in [0.25, 0.3) is 6.08 Å². The maximum Gasteiger partial charge on any atom is 0.257 e. The van der Waals surface area contributed by atoms with Crippen LogP contribution < -0.4 is 14.8 Å². The predicted octanol–water partition coefficient (Wildman–Crippen LogP) is 4.78. The van der Waals surface area contributed by atoms with Gasteiger partial charge in [-0.05, 0) is 104 Å². The number of likely N-dealkylation sites (tertiary alicyclic amines) is 1. The summed E-state index contributed by atoms with van der Waals surface area (Å²) in [6.07, 6.45) is 11.4. The van der Waals surface area contributed by atoms with Gasteiger partial charge in [-0.15, -0.1) is 0 Å². The van der Waals surface area contributed by atoms with Gasteiger partial charge in [0.25, 0.3) is 5.91 Å². The van der Waals surface area contributed by atoms with Crippen LogP contribution in [-0.2, 0) is 4.79 Å². The van der Waals surface area contributed by atoms with Gasteiger partial charge in [0.15, 0.2) is 12.4 Å². The lowest BCUT2D eigenvalue weighted by molar-refractivity contribution is -0.123. The number of nitrogens with zero attached hydrogens (tertiary/aromatic N) is 1. The van der Waals surface area contributed by atoms with Crippen molar-refractivity contribution >= 4 is 17.8 Å². The first-order chi connectivity index (χ1) is 15.8. The molecule has 1 aromatic carbocycles. The highest BCUT2D eigenvalue weighted by atomic mass is 16.5. The van der Waals surface area contributed by atoms with E-state index in [0.29, 0.717) is 29.2 Å². The van der Waals surface area contributed by atoms with Crippen LogP contribution in [0.5, 0.6) is 11.5 Å². The fraction of sp³-hybridized carbons (Fsp3) is 0.556. The Labute approximate surface area is 198 Å². The standard InChI is InChI=1S/C27H38N2O4/c1-20(2)9-7-13-27(4)14-12-23-24(33-27)11-10-22(21(3)30)26(23)32-19-25(31)28-15-8-18-29-16-5-6-17-29/h9-12,14H,5-8,13,15-19H2,1-4H3,(H,28,31). The van der Waals surface area contributed by atoms with Crippen molar-refractivity contribution < 1.29 is 19.1 Å². The molecule has 1 unspecified atom stereocenters. The van der Waals surface area contributed by atoms with E-state index in [2.05, 4.69) is 37.1 Å². The highest BCUT2D eigenvalue weighted by Crippen LogP contribution is 2.40. The summed E-state index contributed by atoms with van der Waals surface area (Å²) in [6.45, 7) is 11.6. The Morgan fingerprint density at radius 1 is 1.21 bits per heavy atom. The van der Waals surface area contributed by atoms with Crippen LogP contribution in [0.1, 0.15) is 75.7 Å². The minimum Gasteiger partial charge on any atom is -0.483 e. The fourth-order valence-electron chi connectivity index (χ4n) is 4.31. The monoisotopic (exact) mass is 454 g/mol. The van der Waals surface area contributed by atoms with Gasteiger partial charge in [0, 0.05) is 6.54 Å². The number of ketones is 1. The average Bonchev–Trinajstić information content (AvgIpc) is 3.27. The van der Waals surface area contributed by atoms with E-state index in [1.165, 1.54) is 25.3 Å². The van der Waals surface area contributed by atoms with Crippen molar-refractivity contribution in [2.45, 2.75) is 65.4 Å². The summed E-state index contributed by atoms with van der Waals surface area (Å²) < 4.78 is 12.2. The van der Waals surface area contributed by atoms with Gasteiger partial charge in [0.1, 0.15) is 17.1 Å². The summed E-state index contributed by atoms with van der Waals surface area (Å²) in [4.78, 5) is 27.0. The number of ether oxygens (including phenoxy) is 2. The number of Topliss-reactive ketones (excluding diaryl/α,β-unsaturated/α-hetero) is 1. The third kappa shape index (κ3) is 7.19. The zero-order valence-corrected chi connectivity index (χ0v) is 20.5. The van der Waals surface area contributed by atoms with Crippen molar-refractivity contribution in [2.24, 2.45) is 0 Å². The molecule has 0 spiro atoms. The Bertz CT molecular complexity index is 911. The third-order valence-corrected chi connectivity index (χ3v) is 6.19. The van der Waals surface area contributed by atoms with Crippen molar-refractivity contribution in [2.75, 3.05) is 32.8 Å². The molecule has 33 heavy (non-hydrogen) atoms. The molecule has 2 heterocycles. The van der Waals surface area contributed by atoms with Crippen LogP contribution in [-0.4, -0.2) is 55.0 Å². The second-order valence-corrected chi connectivity index (χ2v) is 9.52. The molecule has 6 nitrogen and oxygen atoms in total. The van der Waals surface area contributed by atoms with E-state index >= 15 is 0 Å². The largest absolute Gasteiger partial charge is 0.483 e. The first-order valence-corrected chi connectivity index (χ1v) is 12.1. The van der Waals surface area contributed by atoms with E-state index < -0.39 is 5.60 Å². The molecule has 1 fully saturated rings. The Balaban J connectivity index is 1.61. The molecule has 6 heteroatoms. The number of carbonyl (C=O) groups excluding carboxylic acids is 2. The molecular formula is C27H38N2O4. The lowest BCUT2D eigenvalue weighted by Gasteiger charge is -2.32. The van der Waals surface area contributed by atoms with Crippen LogP contribution in [0, 0.1) is 0 Å². The average molecular weight is 455 g/mol. The van der Waals surface area contributed by atoms with Gasteiger partial charge in [0.2, 0.25) is 0 Å². The quantitative estimate of drug-likeness (QED) is 0.296. The summed E-state index contributed by atoms with van der Waals surface area (Å²) in [7, 11) is 0. The van der Waals surface area contributed by atoms with Gasteiger partial charge in [-0.1, -0.05) is 11.6 Å². The zero-order chi connectivity index (χ0) is 23.8. The van der Waals surface area contributed by atoms with Gasteiger partial charge in [-0.3, -0.25) is 9.59 Å². The minimum absolute atomic E-state index is 0.107. The van der Waals surface area contributed by atoms with Gasteiger partial charge < -0.3 is 19.7 Å². The van der Waals surface area contributed by atoms with E-state index in [-0.39, 0.29) is 18.3 Å². The zero-order valence-electron chi connectivity index (χ0n) is 20.5. The maximum absolute atomic E-state index is 12.3. The smallest absolute Gasteiger partial charge is 0.257 e. The molecule has 0 aromatic heterocycles. The SMILES string of the molecule is CC(=O)c1ccc2c(c1OCC(=O)NCCCN1CCCC1)C=CC(C)(CCC=C(C)C)O2. The molecule has 1 atom stereocenters. The van der Waals surface area contributed by atoms with Crippen molar-refractivity contribution in [3.63, 3.8) is 0 Å². The normalized spacial score (nSPS) is 19.5. The van der Waals surface area contributed by atoms with Crippen LogP contribution in [0.2, 0.25) is 0 Å². The number of nitrogens with one attached hydrogen (secondary N) is 1. The molecule has 3 rings (SSSR count). The van der Waals surface area contributed by atoms with E-state index in [9.17, 15) is 9.59 Å². The van der Waals surface area contributed by atoms with Crippen molar-refractivity contribution in [1.82, 2.24) is 10.2 Å². The van der Waals surface area contributed by atoms with E-state index in [4.69, 9.17) is 9.47 Å². The van der Waals surface area contributed by atoms with Gasteiger partial charge in [0.05, 0.1) is 11.1 Å². The number of hydrogen-bond acceptors (Lipinski definition) is 5. The predicted molar refractivity (Wildman–Crippen MR) is 132 cm³/mol. The minimum atomic E-state index is -0.430. The molecule has 1 amide bonds. The Kier molecular flexibility index (Phi) is 8.73. The molecule has 0 saturated carbocycles. The molecule has 0 aliphatic carbocycles. The molecular weight excluding hydrogens is 416 g/mol. The first-order valence-electron chi connectivity index (χ1n) is 12.1. The number of amides is 1. The third-order valence-electron chi connectivity index (χ3n) is 6.19. The Hall–Kier alpha value is -2.60. The van der Waals surface area contributed by atoms with Crippen molar-refractivity contribution in [3.8, 4) is 11.5 Å². The van der Waals surface area contributed by atoms with Crippen LogP contribution in [0.3, 0.4) is 0 Å². The van der Waals surface area contributed by atoms with E-state index in [1.807, 2.05) is 18.2 Å². The molecule has 1 N–H and O–H groups in total. The molecule has 0 bridgehead atoms. The van der Waals surface area contributed by atoms with E-state index in [0.717, 1.165) is 38.9 Å². The second-order valence-electron chi connectivity index (χ2n) is 9.52. The summed E-state index contributed by atoms with van der Waals surface area (Å²) in [5.74, 6) is 0.790. The number of carbonyl (C=O) groups is 2. The van der Waals surface area contributed by atoms with Crippen LogP contribution in [0.4, 0.5) is 0 Å². The molecule has 1 saturated heterocycles. The van der Waals surface area contributed by atoms with Crippen LogP contribution in [0.15, 0.2) is 29.9 Å². The highest BCUT2D eigenvalue weighted by molar-refractivity contribution is 5.99. The number of allylic oxidation sites excluding steroid dienone is 2. The summed E-state index contributed by atoms with van der Waals surface area (Å²) >= 11 is 0. The number of fused-ring (bicyclic) bond motifs is 1. The highest BCUT2D eigenvalue weighted by Gasteiger charge is 2.29. The van der Waals surface area contributed by atoms with Crippen molar-refractivity contribution in [3.05, 3.63) is 41.0 Å².